The van der Waals surface area contributed by atoms with E-state index in [0.717, 1.165) is 29.4 Å². The summed E-state index contributed by atoms with van der Waals surface area (Å²) in [6.45, 7) is 7.34. The first-order valence-corrected chi connectivity index (χ1v) is 10.5. The molecule has 1 aliphatic rings. The minimum Gasteiger partial charge on any atom is -0.444 e. The molecule has 0 saturated carbocycles. The van der Waals surface area contributed by atoms with Gasteiger partial charge in [-0.05, 0) is 51.3 Å². The lowest BCUT2D eigenvalue weighted by molar-refractivity contribution is 0.0188. The Balaban J connectivity index is 1.59. The first-order valence-electron chi connectivity index (χ1n) is 10.5. The Morgan fingerprint density at radius 3 is 2.20 bits per heavy atom. The van der Waals surface area contributed by atoms with Gasteiger partial charge in [-0.15, -0.1) is 0 Å². The molecular formula is C24H29N3O3. The van der Waals surface area contributed by atoms with Crippen LogP contribution in [-0.2, 0) is 11.3 Å². The fourth-order valence-electron chi connectivity index (χ4n) is 4.14. The van der Waals surface area contributed by atoms with Crippen LogP contribution in [0, 0.1) is 0 Å². The van der Waals surface area contributed by atoms with Crippen LogP contribution >= 0.6 is 0 Å². The standard InChI is InChI=1S/C24H29N3O3/c1-24(2,3)30-23(29)25-15-13-19(14-16-25)27-21-12-8-7-11-20(21)26(22(27)28)17-18-9-5-4-6-10-18/h4-12,19H,13-17H2,1-3H3. The lowest BCUT2D eigenvalue weighted by Gasteiger charge is -2.33. The summed E-state index contributed by atoms with van der Waals surface area (Å²) in [7, 11) is 0. The molecule has 1 saturated heterocycles. The Morgan fingerprint density at radius 1 is 0.967 bits per heavy atom. The van der Waals surface area contributed by atoms with Gasteiger partial charge in [0.1, 0.15) is 5.60 Å². The van der Waals surface area contributed by atoms with Gasteiger partial charge in [-0.1, -0.05) is 42.5 Å². The molecule has 4 rings (SSSR count). The SMILES string of the molecule is CC(C)(C)OC(=O)N1CCC(n2c(=O)n(Cc3ccccc3)c3ccccc32)CC1. The topological polar surface area (TPSA) is 56.5 Å². The molecule has 0 N–H and O–H groups in total. The normalized spacial score (nSPS) is 15.5. The van der Waals surface area contributed by atoms with Gasteiger partial charge in [0, 0.05) is 19.1 Å². The first-order chi connectivity index (χ1) is 14.3. The summed E-state index contributed by atoms with van der Waals surface area (Å²) >= 11 is 0. The maximum absolute atomic E-state index is 13.4. The number of para-hydroxylation sites is 2. The number of nitrogens with zero attached hydrogens (tertiary/aromatic N) is 3. The average molecular weight is 408 g/mol. The zero-order valence-electron chi connectivity index (χ0n) is 17.9. The van der Waals surface area contributed by atoms with Gasteiger partial charge in [-0.3, -0.25) is 9.13 Å². The zero-order valence-corrected chi connectivity index (χ0v) is 17.9. The van der Waals surface area contributed by atoms with Crippen molar-refractivity contribution in [1.29, 1.82) is 0 Å². The number of imidazole rings is 1. The minimum atomic E-state index is -0.504. The van der Waals surface area contributed by atoms with E-state index in [4.69, 9.17) is 4.74 Å². The fourth-order valence-corrected chi connectivity index (χ4v) is 4.14. The van der Waals surface area contributed by atoms with Crippen molar-refractivity contribution in [3.63, 3.8) is 0 Å². The highest BCUT2D eigenvalue weighted by atomic mass is 16.6. The molecule has 6 nitrogen and oxygen atoms in total. The van der Waals surface area contributed by atoms with Gasteiger partial charge in [0.15, 0.2) is 0 Å². The van der Waals surface area contributed by atoms with Crippen molar-refractivity contribution in [1.82, 2.24) is 14.0 Å². The second-order valence-corrected chi connectivity index (χ2v) is 8.91. The molecule has 1 fully saturated rings. The molecule has 0 aliphatic carbocycles. The van der Waals surface area contributed by atoms with Gasteiger partial charge in [0.05, 0.1) is 17.6 Å². The van der Waals surface area contributed by atoms with E-state index in [9.17, 15) is 9.59 Å². The predicted molar refractivity (Wildman–Crippen MR) is 118 cm³/mol. The maximum atomic E-state index is 13.4. The van der Waals surface area contributed by atoms with Crippen LogP contribution in [-0.4, -0.2) is 38.8 Å². The van der Waals surface area contributed by atoms with E-state index in [2.05, 4.69) is 0 Å². The van der Waals surface area contributed by atoms with Crippen molar-refractivity contribution in [3.8, 4) is 0 Å². The Kier molecular flexibility index (Phi) is 5.41. The summed E-state index contributed by atoms with van der Waals surface area (Å²) in [5.74, 6) is 0. The molecular weight excluding hydrogens is 378 g/mol. The average Bonchev–Trinajstić information content (AvgIpc) is 2.99. The Labute approximate surface area is 176 Å². The molecule has 30 heavy (non-hydrogen) atoms. The molecule has 2 aromatic carbocycles. The second kappa shape index (κ2) is 8.01. The molecule has 6 heteroatoms. The summed E-state index contributed by atoms with van der Waals surface area (Å²) < 4.78 is 9.27. The number of amides is 1. The van der Waals surface area contributed by atoms with Gasteiger partial charge in [-0.2, -0.15) is 0 Å². The number of benzene rings is 2. The third-order valence-electron chi connectivity index (χ3n) is 5.53. The van der Waals surface area contributed by atoms with Crippen LogP contribution in [0.3, 0.4) is 0 Å². The lowest BCUT2D eigenvalue weighted by atomic mass is 10.0. The van der Waals surface area contributed by atoms with Crippen LogP contribution in [0.15, 0.2) is 59.4 Å². The molecule has 0 atom stereocenters. The number of carbonyl (C=O) groups excluding carboxylic acids is 1. The predicted octanol–water partition coefficient (Wildman–Crippen LogP) is 4.42. The van der Waals surface area contributed by atoms with Crippen LogP contribution in [0.1, 0.15) is 45.2 Å². The summed E-state index contributed by atoms with van der Waals surface area (Å²) in [4.78, 5) is 27.5. The highest BCUT2D eigenvalue weighted by molar-refractivity contribution is 5.76. The molecule has 0 bridgehead atoms. The number of rotatable bonds is 3. The molecule has 1 amide bonds. The summed E-state index contributed by atoms with van der Waals surface area (Å²) in [5, 5.41) is 0. The van der Waals surface area contributed by atoms with Crippen LogP contribution in [0.5, 0.6) is 0 Å². The smallest absolute Gasteiger partial charge is 0.410 e. The van der Waals surface area contributed by atoms with Crippen molar-refractivity contribution in [2.75, 3.05) is 13.1 Å². The molecule has 1 aromatic heterocycles. The Hall–Kier alpha value is -3.02. The highest BCUT2D eigenvalue weighted by Gasteiger charge is 2.29. The highest BCUT2D eigenvalue weighted by Crippen LogP contribution is 2.27. The van der Waals surface area contributed by atoms with Gasteiger partial charge >= 0.3 is 11.8 Å². The van der Waals surface area contributed by atoms with Crippen molar-refractivity contribution in [3.05, 3.63) is 70.6 Å². The summed E-state index contributed by atoms with van der Waals surface area (Å²) in [6, 6.07) is 18.1. The third kappa shape index (κ3) is 4.13. The van der Waals surface area contributed by atoms with E-state index in [1.807, 2.05) is 84.5 Å². The van der Waals surface area contributed by atoms with E-state index in [-0.39, 0.29) is 17.8 Å². The van der Waals surface area contributed by atoms with E-state index < -0.39 is 5.60 Å². The number of ether oxygens (including phenoxy) is 1. The monoisotopic (exact) mass is 407 g/mol. The van der Waals surface area contributed by atoms with E-state index in [0.29, 0.717) is 19.6 Å². The number of hydrogen-bond acceptors (Lipinski definition) is 3. The van der Waals surface area contributed by atoms with Gasteiger partial charge in [0.25, 0.3) is 0 Å². The van der Waals surface area contributed by atoms with Crippen LogP contribution in [0.2, 0.25) is 0 Å². The molecule has 0 spiro atoms. The molecule has 158 valence electrons. The van der Waals surface area contributed by atoms with Crippen LogP contribution in [0.25, 0.3) is 11.0 Å². The van der Waals surface area contributed by atoms with E-state index in [1.54, 1.807) is 4.90 Å². The van der Waals surface area contributed by atoms with Crippen molar-refractivity contribution in [2.45, 2.75) is 51.8 Å². The van der Waals surface area contributed by atoms with Gasteiger partial charge in [-0.25, -0.2) is 9.59 Å². The maximum Gasteiger partial charge on any atom is 0.410 e. The second-order valence-electron chi connectivity index (χ2n) is 8.91. The number of hydrogen-bond donors (Lipinski definition) is 0. The largest absolute Gasteiger partial charge is 0.444 e. The zero-order chi connectivity index (χ0) is 21.3. The summed E-state index contributed by atoms with van der Waals surface area (Å²) in [5.41, 5.74) is 2.50. The fraction of sp³-hybridized carbons (Fsp3) is 0.417. The summed E-state index contributed by atoms with van der Waals surface area (Å²) in [6.07, 6.45) is 1.19. The number of piperidine rings is 1. The lowest BCUT2D eigenvalue weighted by Crippen LogP contribution is -2.43. The number of likely N-dealkylation sites (tertiary alicyclic amines) is 1. The third-order valence-corrected chi connectivity index (χ3v) is 5.53. The van der Waals surface area contributed by atoms with Crippen molar-refractivity contribution in [2.24, 2.45) is 0 Å². The molecule has 1 aliphatic heterocycles. The van der Waals surface area contributed by atoms with Crippen molar-refractivity contribution < 1.29 is 9.53 Å². The van der Waals surface area contributed by atoms with Crippen molar-refractivity contribution >= 4 is 17.1 Å². The van der Waals surface area contributed by atoms with Gasteiger partial charge < -0.3 is 9.64 Å². The molecule has 0 unspecified atom stereocenters. The number of fused-ring (bicyclic) bond motifs is 1. The quantitative estimate of drug-likeness (QED) is 0.646. The first kappa shape index (κ1) is 20.3. The Morgan fingerprint density at radius 2 is 1.57 bits per heavy atom. The number of aromatic nitrogens is 2. The molecule has 2 heterocycles. The van der Waals surface area contributed by atoms with Crippen LogP contribution < -0.4 is 5.69 Å². The minimum absolute atomic E-state index is 0.00997. The van der Waals surface area contributed by atoms with Crippen LogP contribution in [0.4, 0.5) is 4.79 Å². The van der Waals surface area contributed by atoms with E-state index in [1.165, 1.54) is 0 Å². The van der Waals surface area contributed by atoms with Gasteiger partial charge in [0.2, 0.25) is 0 Å². The molecule has 3 aromatic rings. The Bertz CT molecular complexity index is 1080. The number of carbonyl (C=O) groups is 1. The molecule has 0 radical (unpaired) electrons. The van der Waals surface area contributed by atoms with E-state index >= 15 is 0 Å².